The molecule has 4 aromatic rings. The van der Waals surface area contributed by atoms with Crippen LogP contribution in [0, 0.1) is 6.08 Å². The summed E-state index contributed by atoms with van der Waals surface area (Å²) in [4.78, 5) is 2.66. The zero-order valence-electron chi connectivity index (χ0n) is 15.2. The Morgan fingerprint density at radius 3 is 2.41 bits per heavy atom. The molecule has 1 aliphatic carbocycles. The minimum absolute atomic E-state index is 0. The molecule has 7 rings (SSSR count). The molecular formula is C24H15BrCl2SZr. The molecule has 0 aromatic heterocycles. The number of rotatable bonds is 0. The van der Waals surface area contributed by atoms with Crippen LogP contribution in [0.5, 0.6) is 0 Å². The smallest absolute Gasteiger partial charge is 1.00 e. The van der Waals surface area contributed by atoms with Crippen molar-refractivity contribution in [3.63, 3.8) is 0 Å². The molecule has 0 saturated heterocycles. The summed E-state index contributed by atoms with van der Waals surface area (Å²) in [7, 11) is 0. The molecule has 2 aliphatic heterocycles. The van der Waals surface area contributed by atoms with E-state index in [1.165, 1.54) is 41.7 Å². The number of allylic oxidation sites excluding steroid dienone is 1. The number of benzene rings is 3. The Labute approximate surface area is 215 Å². The standard InChI is InChI=1S/C15H9S.C9H6Br.2ClH.Zr/c1-2-13-12-8-9-14(13)15(3-1)16-11-6-4-10(12)5-7-11;10-9-6-5-7-3-1-2-4-8(7)9;;;/h1-7,9,12H;1-6H;2*1H;/q2*-1;;;+4/p-2. The number of hydrogen-bond acceptors (Lipinski definition) is 1. The van der Waals surface area contributed by atoms with E-state index in [9.17, 15) is 0 Å². The Kier molecular flexibility index (Phi) is 8.94. The van der Waals surface area contributed by atoms with E-state index in [1.54, 1.807) is 0 Å². The van der Waals surface area contributed by atoms with E-state index in [2.05, 4.69) is 101 Å². The van der Waals surface area contributed by atoms with Crippen LogP contribution in [-0.2, 0) is 26.2 Å². The second-order valence-electron chi connectivity index (χ2n) is 6.44. The summed E-state index contributed by atoms with van der Waals surface area (Å²) >= 11 is 5.31. The van der Waals surface area contributed by atoms with Crippen LogP contribution in [0.4, 0.5) is 0 Å². The number of halogens is 3. The average Bonchev–Trinajstić information content (AvgIpc) is 3.29. The summed E-state index contributed by atoms with van der Waals surface area (Å²) < 4.78 is 1.18. The normalized spacial score (nSPS) is 14.3. The molecule has 1 atom stereocenters. The molecule has 4 aromatic carbocycles. The van der Waals surface area contributed by atoms with Gasteiger partial charge in [0.2, 0.25) is 0 Å². The molecule has 0 nitrogen and oxygen atoms in total. The Balaban J connectivity index is 0.000000204. The Morgan fingerprint density at radius 1 is 0.897 bits per heavy atom. The van der Waals surface area contributed by atoms with Gasteiger partial charge in [-0.05, 0) is 12.1 Å². The summed E-state index contributed by atoms with van der Waals surface area (Å²) in [6, 6.07) is 27.9. The molecule has 0 radical (unpaired) electrons. The quantitative estimate of drug-likeness (QED) is 0.286. The van der Waals surface area contributed by atoms with Crippen LogP contribution in [0.2, 0.25) is 0 Å². The van der Waals surface area contributed by atoms with Gasteiger partial charge < -0.3 is 24.8 Å². The van der Waals surface area contributed by atoms with Gasteiger partial charge in [-0.2, -0.15) is 5.56 Å². The zero-order valence-corrected chi connectivity index (χ0v) is 21.6. The Morgan fingerprint density at radius 2 is 1.66 bits per heavy atom. The van der Waals surface area contributed by atoms with E-state index in [0.717, 1.165) is 0 Å². The van der Waals surface area contributed by atoms with Crippen LogP contribution in [0.15, 0.2) is 93.1 Å². The van der Waals surface area contributed by atoms with Crippen molar-refractivity contribution in [2.24, 2.45) is 0 Å². The van der Waals surface area contributed by atoms with Crippen molar-refractivity contribution in [1.82, 2.24) is 0 Å². The number of fused-ring (bicyclic) bond motifs is 3. The molecule has 3 aliphatic rings. The SMILES string of the molecule is Brc1c[cH-]c2ccccc12.[C-]1=Cc2c3cccc2C1c1ccc(cc1)S3.[Cl-].[Cl-].[Zr+4]. The molecule has 0 spiro atoms. The third kappa shape index (κ3) is 4.81. The summed E-state index contributed by atoms with van der Waals surface area (Å²) in [6.07, 6.45) is 5.62. The summed E-state index contributed by atoms with van der Waals surface area (Å²) in [5.74, 6) is 0.336. The van der Waals surface area contributed by atoms with Gasteiger partial charge in [-0.15, -0.1) is 74.4 Å². The van der Waals surface area contributed by atoms with Gasteiger partial charge >= 0.3 is 26.2 Å². The Bertz CT molecular complexity index is 1140. The van der Waals surface area contributed by atoms with E-state index in [0.29, 0.717) is 5.92 Å². The van der Waals surface area contributed by atoms with Crippen LogP contribution in [0.25, 0.3) is 16.8 Å². The van der Waals surface area contributed by atoms with Gasteiger partial charge in [0.05, 0.1) is 0 Å². The number of hydrogen-bond donors (Lipinski definition) is 0. The molecule has 29 heavy (non-hydrogen) atoms. The van der Waals surface area contributed by atoms with E-state index in [1.807, 2.05) is 17.8 Å². The molecule has 5 heteroatoms. The zero-order chi connectivity index (χ0) is 17.5. The topological polar surface area (TPSA) is 0 Å². The molecule has 142 valence electrons. The van der Waals surface area contributed by atoms with Crippen molar-refractivity contribution in [2.75, 3.05) is 0 Å². The van der Waals surface area contributed by atoms with Gasteiger partial charge in [0.15, 0.2) is 0 Å². The minimum atomic E-state index is 0. The first kappa shape index (κ1) is 24.6. The van der Waals surface area contributed by atoms with Crippen molar-refractivity contribution < 1.29 is 51.0 Å². The van der Waals surface area contributed by atoms with Crippen LogP contribution >= 0.6 is 27.7 Å². The first-order valence-electron chi connectivity index (χ1n) is 8.59. The molecule has 0 amide bonds. The second-order valence-corrected chi connectivity index (χ2v) is 8.41. The molecule has 0 saturated carbocycles. The molecule has 0 fully saturated rings. The van der Waals surface area contributed by atoms with Gasteiger partial charge in [-0.1, -0.05) is 57.2 Å². The summed E-state index contributed by atoms with van der Waals surface area (Å²) in [5.41, 5.74) is 4.11. The fourth-order valence-electron chi connectivity index (χ4n) is 3.56. The monoisotopic (exact) mass is 574 g/mol. The Hall–Kier alpha value is -0.697. The van der Waals surface area contributed by atoms with E-state index >= 15 is 0 Å². The van der Waals surface area contributed by atoms with Crippen molar-refractivity contribution in [1.29, 1.82) is 0 Å². The van der Waals surface area contributed by atoms with Gasteiger partial charge in [0, 0.05) is 4.90 Å². The van der Waals surface area contributed by atoms with E-state index < -0.39 is 0 Å². The van der Waals surface area contributed by atoms with Crippen molar-refractivity contribution in [3.8, 4) is 0 Å². The van der Waals surface area contributed by atoms with Crippen molar-refractivity contribution >= 4 is 44.5 Å². The fraction of sp³-hybridized carbons (Fsp3) is 0.0417. The van der Waals surface area contributed by atoms with Crippen LogP contribution in [0.1, 0.15) is 22.6 Å². The van der Waals surface area contributed by atoms with Crippen molar-refractivity contribution in [3.05, 3.63) is 106 Å². The maximum atomic E-state index is 3.47. The maximum absolute atomic E-state index is 3.47. The first-order valence-corrected chi connectivity index (χ1v) is 10.2. The largest absolute Gasteiger partial charge is 4.00 e. The summed E-state index contributed by atoms with van der Waals surface area (Å²) in [5, 5.41) is 2.59. The summed E-state index contributed by atoms with van der Waals surface area (Å²) in [6.45, 7) is 0. The predicted octanol–water partition coefficient (Wildman–Crippen LogP) is 1.44. The van der Waals surface area contributed by atoms with Crippen LogP contribution in [-0.4, -0.2) is 0 Å². The van der Waals surface area contributed by atoms with Crippen LogP contribution < -0.4 is 24.8 Å². The average molecular weight is 577 g/mol. The second kappa shape index (κ2) is 10.6. The maximum Gasteiger partial charge on any atom is 4.00 e. The molecule has 2 heterocycles. The van der Waals surface area contributed by atoms with E-state index in [4.69, 9.17) is 0 Å². The predicted molar refractivity (Wildman–Crippen MR) is 114 cm³/mol. The van der Waals surface area contributed by atoms with Crippen molar-refractivity contribution in [2.45, 2.75) is 15.7 Å². The molecular weight excluding hydrogens is 562 g/mol. The molecule has 1 unspecified atom stereocenters. The van der Waals surface area contributed by atoms with Gasteiger partial charge in [0.1, 0.15) is 0 Å². The van der Waals surface area contributed by atoms with Gasteiger partial charge in [-0.25, -0.2) is 6.08 Å². The first-order chi connectivity index (χ1) is 12.8. The minimum Gasteiger partial charge on any atom is -1.00 e. The van der Waals surface area contributed by atoms with Gasteiger partial charge in [0.25, 0.3) is 0 Å². The van der Waals surface area contributed by atoms with Crippen LogP contribution in [0.3, 0.4) is 0 Å². The molecule has 6 bridgehead atoms. The fourth-order valence-corrected chi connectivity index (χ4v) is 5.01. The third-order valence-electron chi connectivity index (χ3n) is 4.87. The van der Waals surface area contributed by atoms with E-state index in [-0.39, 0.29) is 51.0 Å². The molecule has 0 N–H and O–H groups in total. The van der Waals surface area contributed by atoms with Gasteiger partial charge in [-0.3, -0.25) is 6.08 Å². The third-order valence-corrected chi connectivity index (χ3v) is 6.65.